The number of H-pyrrole nitrogens is 1. The van der Waals surface area contributed by atoms with Crippen LogP contribution in [-0.4, -0.2) is 15.5 Å². The first-order valence-corrected chi connectivity index (χ1v) is 11.4. The van der Waals surface area contributed by atoms with Crippen molar-refractivity contribution in [2.75, 3.05) is 0 Å². The summed E-state index contributed by atoms with van der Waals surface area (Å²) in [5, 5.41) is 3.24. The molecule has 0 bridgehead atoms. The topological polar surface area (TPSA) is 50.1 Å². The van der Waals surface area contributed by atoms with Crippen LogP contribution in [0.2, 0.25) is 0 Å². The number of nitrogens with zero attached hydrogens (tertiary/aromatic N) is 2. The maximum Gasteiger partial charge on any atom is 0.280 e. The zero-order valence-electron chi connectivity index (χ0n) is 18.8. The minimum Gasteiger partial charge on any atom is -0.295 e. The van der Waals surface area contributed by atoms with Crippen molar-refractivity contribution in [3.8, 4) is 16.8 Å². The lowest BCUT2D eigenvalue weighted by atomic mass is 10.0. The number of nitrogens with one attached hydrogen (secondary N) is 1. The molecule has 6 rings (SSSR count). The van der Waals surface area contributed by atoms with Crippen molar-refractivity contribution in [2.45, 2.75) is 13.3 Å². The van der Waals surface area contributed by atoms with Gasteiger partial charge in [0.05, 0.1) is 22.6 Å². The molecule has 34 heavy (non-hydrogen) atoms. The number of benzene rings is 4. The van der Waals surface area contributed by atoms with Crippen molar-refractivity contribution < 1.29 is 0 Å². The van der Waals surface area contributed by atoms with E-state index >= 15 is 0 Å². The van der Waals surface area contributed by atoms with Crippen LogP contribution in [0.3, 0.4) is 0 Å². The van der Waals surface area contributed by atoms with Crippen LogP contribution in [0.4, 0.5) is 5.69 Å². The first-order valence-electron chi connectivity index (χ1n) is 11.4. The number of hydrogen-bond acceptors (Lipinski definition) is 2. The summed E-state index contributed by atoms with van der Waals surface area (Å²) in [6, 6.07) is 34.4. The molecule has 1 aliphatic carbocycles. The van der Waals surface area contributed by atoms with Gasteiger partial charge in [-0.05, 0) is 59.9 Å². The molecule has 0 amide bonds. The summed E-state index contributed by atoms with van der Waals surface area (Å²) >= 11 is 0. The number of para-hydroxylation sites is 1. The molecule has 1 aromatic heterocycles. The van der Waals surface area contributed by atoms with E-state index in [1.54, 1.807) is 4.68 Å². The molecule has 1 N–H and O–H groups in total. The summed E-state index contributed by atoms with van der Waals surface area (Å²) in [6.07, 6.45) is 0.902. The molecule has 0 fully saturated rings. The first kappa shape index (κ1) is 20.2. The van der Waals surface area contributed by atoms with Gasteiger partial charge in [0.25, 0.3) is 5.56 Å². The summed E-state index contributed by atoms with van der Waals surface area (Å²) in [5.74, 6) is 0. The molecule has 164 valence electrons. The monoisotopic (exact) mass is 441 g/mol. The molecular formula is C30H23N3O. The average molecular weight is 442 g/mol. The number of aromatic amines is 1. The van der Waals surface area contributed by atoms with Crippen LogP contribution < -0.4 is 5.56 Å². The van der Waals surface area contributed by atoms with Gasteiger partial charge in [-0.2, -0.15) is 0 Å². The fourth-order valence-electron chi connectivity index (χ4n) is 4.78. The Bertz CT molecular complexity index is 1590. The number of aromatic nitrogens is 2. The third-order valence-electron chi connectivity index (χ3n) is 6.39. The van der Waals surface area contributed by atoms with Crippen LogP contribution in [0, 0.1) is 6.92 Å². The molecule has 0 saturated carbocycles. The number of hydrogen-bond donors (Lipinski definition) is 1. The molecule has 4 aromatic carbocycles. The smallest absolute Gasteiger partial charge is 0.280 e. The summed E-state index contributed by atoms with van der Waals surface area (Å²) < 4.78 is 1.59. The average Bonchev–Trinajstić information content (AvgIpc) is 3.39. The van der Waals surface area contributed by atoms with Crippen molar-refractivity contribution in [2.24, 2.45) is 4.99 Å². The molecular weight excluding hydrogens is 418 g/mol. The van der Waals surface area contributed by atoms with E-state index in [-0.39, 0.29) is 5.56 Å². The van der Waals surface area contributed by atoms with Crippen LogP contribution >= 0.6 is 0 Å². The standard InChI is InChI=1S/C30H23N3O/c1-20-28(30(34)33(32-20)25-13-6-3-7-14-25)29(21-10-4-2-5-11-21)31-24-16-17-27-23(19-24)18-22-12-8-9-15-26(22)27/h2-17,19,32H,18H2,1H3. The van der Waals surface area contributed by atoms with Gasteiger partial charge in [-0.25, -0.2) is 9.67 Å². The van der Waals surface area contributed by atoms with Gasteiger partial charge in [0, 0.05) is 11.3 Å². The number of aryl methyl sites for hydroxylation is 1. The van der Waals surface area contributed by atoms with E-state index in [0.717, 1.165) is 29.1 Å². The van der Waals surface area contributed by atoms with E-state index in [4.69, 9.17) is 4.99 Å². The Morgan fingerprint density at radius 3 is 2.26 bits per heavy atom. The number of rotatable bonds is 4. The van der Waals surface area contributed by atoms with Gasteiger partial charge in [0.15, 0.2) is 0 Å². The van der Waals surface area contributed by atoms with Crippen LogP contribution in [0.25, 0.3) is 16.8 Å². The van der Waals surface area contributed by atoms with Crippen LogP contribution in [0.15, 0.2) is 113 Å². The van der Waals surface area contributed by atoms with E-state index in [1.807, 2.05) is 73.7 Å². The van der Waals surface area contributed by atoms with Crippen molar-refractivity contribution in [3.05, 3.63) is 141 Å². The van der Waals surface area contributed by atoms with E-state index in [1.165, 1.54) is 22.3 Å². The van der Waals surface area contributed by atoms with Gasteiger partial charge in [-0.15, -0.1) is 0 Å². The first-order chi connectivity index (χ1) is 16.7. The van der Waals surface area contributed by atoms with Crippen molar-refractivity contribution in [1.82, 2.24) is 9.78 Å². The normalized spacial score (nSPS) is 12.4. The summed E-state index contributed by atoms with van der Waals surface area (Å²) in [6.45, 7) is 1.92. The molecule has 4 heteroatoms. The lowest BCUT2D eigenvalue weighted by Crippen LogP contribution is -2.21. The highest BCUT2D eigenvalue weighted by molar-refractivity contribution is 6.14. The molecule has 0 saturated heterocycles. The van der Waals surface area contributed by atoms with Gasteiger partial charge in [-0.3, -0.25) is 9.89 Å². The highest BCUT2D eigenvalue weighted by atomic mass is 16.1. The molecule has 0 unspecified atom stereocenters. The van der Waals surface area contributed by atoms with Crippen LogP contribution in [0.5, 0.6) is 0 Å². The third kappa shape index (κ3) is 3.41. The minimum absolute atomic E-state index is 0.111. The zero-order chi connectivity index (χ0) is 23.1. The van der Waals surface area contributed by atoms with Gasteiger partial charge in [0.2, 0.25) is 0 Å². The lowest BCUT2D eigenvalue weighted by molar-refractivity contribution is 0.835. The molecule has 0 aliphatic heterocycles. The predicted molar refractivity (Wildman–Crippen MR) is 138 cm³/mol. The maximum absolute atomic E-state index is 13.6. The second-order valence-corrected chi connectivity index (χ2v) is 8.59. The third-order valence-corrected chi connectivity index (χ3v) is 6.39. The Morgan fingerprint density at radius 2 is 1.47 bits per heavy atom. The van der Waals surface area contributed by atoms with E-state index in [9.17, 15) is 4.79 Å². The highest BCUT2D eigenvalue weighted by Crippen LogP contribution is 2.38. The Morgan fingerprint density at radius 1 is 0.794 bits per heavy atom. The molecule has 1 aliphatic rings. The Labute approximate surface area is 197 Å². The van der Waals surface area contributed by atoms with Gasteiger partial charge >= 0.3 is 0 Å². The van der Waals surface area contributed by atoms with Gasteiger partial charge in [-0.1, -0.05) is 78.9 Å². The Balaban J connectivity index is 1.50. The fraction of sp³-hybridized carbons (Fsp3) is 0.0667. The molecule has 5 aromatic rings. The maximum atomic E-state index is 13.6. The predicted octanol–water partition coefficient (Wildman–Crippen LogP) is 6.21. The second-order valence-electron chi connectivity index (χ2n) is 8.59. The summed E-state index contributed by atoms with van der Waals surface area (Å²) in [5.41, 5.74) is 9.64. The van der Waals surface area contributed by atoms with E-state index < -0.39 is 0 Å². The van der Waals surface area contributed by atoms with Gasteiger partial charge < -0.3 is 0 Å². The van der Waals surface area contributed by atoms with E-state index in [0.29, 0.717) is 11.3 Å². The second kappa shape index (κ2) is 8.16. The largest absolute Gasteiger partial charge is 0.295 e. The van der Waals surface area contributed by atoms with Crippen molar-refractivity contribution >= 4 is 11.4 Å². The summed E-state index contributed by atoms with van der Waals surface area (Å²) in [7, 11) is 0. The molecule has 0 atom stereocenters. The molecule has 1 heterocycles. The van der Waals surface area contributed by atoms with Crippen molar-refractivity contribution in [1.29, 1.82) is 0 Å². The Hall–Kier alpha value is -4.44. The number of fused-ring (bicyclic) bond motifs is 3. The van der Waals surface area contributed by atoms with Crippen LogP contribution in [0.1, 0.15) is 27.9 Å². The zero-order valence-corrected chi connectivity index (χ0v) is 18.8. The quantitative estimate of drug-likeness (QED) is 0.325. The Kier molecular flexibility index (Phi) is 4.84. The molecule has 0 radical (unpaired) electrons. The minimum atomic E-state index is -0.111. The van der Waals surface area contributed by atoms with Crippen molar-refractivity contribution in [3.63, 3.8) is 0 Å². The molecule has 4 nitrogen and oxygen atoms in total. The number of aliphatic imine (C=N–C) groups is 1. The van der Waals surface area contributed by atoms with Crippen LogP contribution in [-0.2, 0) is 6.42 Å². The lowest BCUT2D eigenvalue weighted by Gasteiger charge is -2.07. The fourth-order valence-corrected chi connectivity index (χ4v) is 4.78. The summed E-state index contributed by atoms with van der Waals surface area (Å²) in [4.78, 5) is 18.6. The SMILES string of the molecule is Cc1[nH]n(-c2ccccc2)c(=O)c1C(=Nc1ccc2c(c1)Cc1ccccc1-2)c1ccccc1. The van der Waals surface area contributed by atoms with Gasteiger partial charge in [0.1, 0.15) is 0 Å². The molecule has 0 spiro atoms. The highest BCUT2D eigenvalue weighted by Gasteiger charge is 2.21. The van der Waals surface area contributed by atoms with E-state index in [2.05, 4.69) is 41.5 Å².